The van der Waals surface area contributed by atoms with E-state index in [1.807, 2.05) is 0 Å². The summed E-state index contributed by atoms with van der Waals surface area (Å²) in [7, 11) is -3.59. The molecule has 2 saturated heterocycles. The predicted molar refractivity (Wildman–Crippen MR) is 108 cm³/mol. The molecule has 0 bridgehead atoms. The van der Waals surface area contributed by atoms with Crippen LogP contribution in [0.5, 0.6) is 0 Å². The molecule has 0 radical (unpaired) electrons. The number of rotatable bonds is 7. The van der Waals surface area contributed by atoms with E-state index in [0.29, 0.717) is 43.3 Å². The zero-order valence-corrected chi connectivity index (χ0v) is 17.8. The number of imide groups is 1. The number of sulfonamides is 1. The van der Waals surface area contributed by atoms with Crippen molar-refractivity contribution in [3.63, 3.8) is 0 Å². The number of nitrogens with zero attached hydrogens (tertiary/aromatic N) is 6. The van der Waals surface area contributed by atoms with Gasteiger partial charge in [-0.3, -0.25) is 19.5 Å². The lowest BCUT2D eigenvalue weighted by Crippen LogP contribution is -2.46. The molecule has 31 heavy (non-hydrogen) atoms. The van der Waals surface area contributed by atoms with Crippen LogP contribution in [-0.4, -0.2) is 74.9 Å². The summed E-state index contributed by atoms with van der Waals surface area (Å²) in [5, 5.41) is 3.93. The fraction of sp³-hybridized carbons (Fsp3) is 0.579. The van der Waals surface area contributed by atoms with E-state index >= 15 is 0 Å². The molecule has 2 amide bonds. The summed E-state index contributed by atoms with van der Waals surface area (Å²) in [6.45, 7) is 0.675. The molecule has 2 aliphatic rings. The number of carbonyl (C=O) groups is 2. The lowest BCUT2D eigenvalue weighted by atomic mass is 9.96. The van der Waals surface area contributed by atoms with Crippen LogP contribution in [0.15, 0.2) is 23.1 Å². The molecular formula is C19H24N6O5S. The molecule has 4 heterocycles. The Hall–Kier alpha value is -2.73. The molecule has 0 spiro atoms. The van der Waals surface area contributed by atoms with E-state index in [4.69, 9.17) is 4.52 Å². The van der Waals surface area contributed by atoms with Crippen LogP contribution in [0.1, 0.15) is 38.0 Å². The van der Waals surface area contributed by atoms with Gasteiger partial charge in [0, 0.05) is 51.3 Å². The van der Waals surface area contributed by atoms with E-state index in [0.717, 1.165) is 17.7 Å². The second kappa shape index (κ2) is 9.18. The topological polar surface area (TPSA) is 139 Å². The first-order valence-electron chi connectivity index (χ1n) is 10.3. The van der Waals surface area contributed by atoms with Crippen LogP contribution in [0.2, 0.25) is 0 Å². The van der Waals surface area contributed by atoms with E-state index in [2.05, 4.69) is 20.1 Å². The third kappa shape index (κ3) is 5.13. The van der Waals surface area contributed by atoms with Gasteiger partial charge in [-0.15, -0.1) is 0 Å². The summed E-state index contributed by atoms with van der Waals surface area (Å²) in [6.07, 6.45) is 7.77. The van der Waals surface area contributed by atoms with Crippen molar-refractivity contribution < 1.29 is 22.5 Å². The van der Waals surface area contributed by atoms with Crippen LogP contribution < -0.4 is 0 Å². The quantitative estimate of drug-likeness (QED) is 0.558. The number of amides is 2. The van der Waals surface area contributed by atoms with E-state index in [-0.39, 0.29) is 42.9 Å². The lowest BCUT2D eigenvalue weighted by Gasteiger charge is -2.32. The second-order valence-corrected chi connectivity index (χ2v) is 9.87. The van der Waals surface area contributed by atoms with Crippen molar-refractivity contribution in [2.24, 2.45) is 5.92 Å². The number of aromatic nitrogens is 4. The minimum atomic E-state index is -3.59. The Kier molecular flexibility index (Phi) is 6.37. The summed E-state index contributed by atoms with van der Waals surface area (Å²) in [6, 6.07) is 0. The zero-order valence-electron chi connectivity index (χ0n) is 17.0. The Morgan fingerprint density at radius 3 is 2.68 bits per heavy atom. The molecule has 2 aromatic rings. The van der Waals surface area contributed by atoms with Gasteiger partial charge in [0.05, 0.1) is 11.9 Å². The van der Waals surface area contributed by atoms with Gasteiger partial charge in [-0.25, -0.2) is 17.7 Å². The molecule has 4 rings (SSSR count). The monoisotopic (exact) mass is 448 g/mol. The van der Waals surface area contributed by atoms with E-state index in [1.54, 1.807) is 18.6 Å². The first-order valence-corrected chi connectivity index (χ1v) is 11.9. The van der Waals surface area contributed by atoms with Crippen molar-refractivity contribution in [2.75, 3.05) is 25.4 Å². The van der Waals surface area contributed by atoms with Crippen molar-refractivity contribution in [1.82, 2.24) is 29.3 Å². The maximum atomic E-state index is 12.8. The average Bonchev–Trinajstić information content (AvgIpc) is 3.23. The minimum Gasteiger partial charge on any atom is -0.339 e. The number of likely N-dealkylation sites (tertiary alicyclic amines) is 1. The van der Waals surface area contributed by atoms with Gasteiger partial charge in [0.1, 0.15) is 5.69 Å². The number of carbonyl (C=O) groups excluding carboxylic acids is 2. The Morgan fingerprint density at radius 2 is 1.94 bits per heavy atom. The van der Waals surface area contributed by atoms with Gasteiger partial charge in [0.2, 0.25) is 33.6 Å². The number of hydrogen-bond acceptors (Lipinski definition) is 9. The number of hydrogen-bond donors (Lipinski definition) is 0. The molecule has 0 unspecified atom stereocenters. The Balaban J connectivity index is 1.35. The predicted octanol–water partition coefficient (Wildman–Crippen LogP) is 0.650. The average molecular weight is 449 g/mol. The maximum Gasteiger partial charge on any atom is 0.229 e. The summed E-state index contributed by atoms with van der Waals surface area (Å²) in [5.41, 5.74) is 0.507. The highest BCUT2D eigenvalue weighted by Gasteiger charge is 2.32. The fourth-order valence-corrected chi connectivity index (χ4v) is 5.45. The molecule has 2 aliphatic heterocycles. The van der Waals surface area contributed by atoms with Gasteiger partial charge >= 0.3 is 0 Å². The van der Waals surface area contributed by atoms with E-state index < -0.39 is 10.0 Å². The maximum absolute atomic E-state index is 12.8. The summed E-state index contributed by atoms with van der Waals surface area (Å²) < 4.78 is 32.4. The standard InChI is InChI=1S/C19H24N6O5S/c26-17-4-1-5-18(27)25(17)9-10-31(28,29)24-8-2-3-14(13-24)11-16-22-19(23-30-16)15-12-20-6-7-21-15/h6-7,12,14H,1-5,8-11,13H2/t14-/m0/s1. The fourth-order valence-electron chi connectivity index (χ4n) is 3.93. The smallest absolute Gasteiger partial charge is 0.229 e. The third-order valence-corrected chi connectivity index (χ3v) is 7.37. The molecule has 166 valence electrons. The van der Waals surface area contributed by atoms with Gasteiger partial charge in [0.25, 0.3) is 0 Å². The molecule has 0 aliphatic carbocycles. The summed E-state index contributed by atoms with van der Waals surface area (Å²) >= 11 is 0. The van der Waals surface area contributed by atoms with Gasteiger partial charge in [-0.05, 0) is 25.2 Å². The lowest BCUT2D eigenvalue weighted by molar-refractivity contribution is -0.147. The molecule has 0 aromatic carbocycles. The van der Waals surface area contributed by atoms with Crippen molar-refractivity contribution in [3.8, 4) is 11.5 Å². The van der Waals surface area contributed by atoms with Crippen molar-refractivity contribution >= 4 is 21.8 Å². The SMILES string of the molecule is O=C1CCCC(=O)N1CCS(=O)(=O)N1CCC[C@@H](Cc2nc(-c3cnccn3)no2)C1. The van der Waals surface area contributed by atoms with E-state index in [1.165, 1.54) is 4.31 Å². The van der Waals surface area contributed by atoms with Gasteiger partial charge in [-0.1, -0.05) is 5.16 Å². The van der Waals surface area contributed by atoms with E-state index in [9.17, 15) is 18.0 Å². The van der Waals surface area contributed by atoms with Crippen LogP contribution in [0.3, 0.4) is 0 Å². The highest BCUT2D eigenvalue weighted by atomic mass is 32.2. The first-order chi connectivity index (χ1) is 14.9. The largest absolute Gasteiger partial charge is 0.339 e. The third-order valence-electron chi connectivity index (χ3n) is 5.56. The summed E-state index contributed by atoms with van der Waals surface area (Å²) in [4.78, 5) is 37.4. The highest BCUT2D eigenvalue weighted by molar-refractivity contribution is 7.89. The molecule has 11 nitrogen and oxygen atoms in total. The van der Waals surface area contributed by atoms with Crippen LogP contribution in [0, 0.1) is 5.92 Å². The van der Waals surface area contributed by atoms with Crippen molar-refractivity contribution in [1.29, 1.82) is 0 Å². The highest BCUT2D eigenvalue weighted by Crippen LogP contribution is 2.24. The van der Waals surface area contributed by atoms with Crippen LogP contribution in [0.4, 0.5) is 0 Å². The molecule has 1 atom stereocenters. The first kappa shape index (κ1) is 21.5. The van der Waals surface area contributed by atoms with Crippen molar-refractivity contribution in [3.05, 3.63) is 24.5 Å². The van der Waals surface area contributed by atoms with Gasteiger partial charge in [-0.2, -0.15) is 4.98 Å². The Labute approximate surface area is 179 Å². The van der Waals surface area contributed by atoms with Gasteiger partial charge < -0.3 is 4.52 Å². The molecule has 12 heteroatoms. The molecule has 2 aromatic heterocycles. The normalized spacial score (nSPS) is 20.9. The molecule has 2 fully saturated rings. The van der Waals surface area contributed by atoms with Crippen molar-refractivity contribution in [2.45, 2.75) is 38.5 Å². The minimum absolute atomic E-state index is 0.0388. The summed E-state index contributed by atoms with van der Waals surface area (Å²) in [5.74, 6) is -0.0312. The molecule has 0 N–H and O–H groups in total. The zero-order chi connectivity index (χ0) is 21.8. The molecule has 0 saturated carbocycles. The Bertz CT molecular complexity index is 1030. The van der Waals surface area contributed by atoms with Crippen LogP contribution >= 0.6 is 0 Å². The number of piperidine rings is 2. The second-order valence-electron chi connectivity index (χ2n) is 7.78. The van der Waals surface area contributed by atoms with Gasteiger partial charge in [0.15, 0.2) is 0 Å². The van der Waals surface area contributed by atoms with Crippen LogP contribution in [-0.2, 0) is 26.0 Å². The molecular weight excluding hydrogens is 424 g/mol. The van der Waals surface area contributed by atoms with Crippen LogP contribution in [0.25, 0.3) is 11.5 Å². The Morgan fingerprint density at radius 1 is 1.13 bits per heavy atom.